The van der Waals surface area contributed by atoms with E-state index in [1.165, 1.54) is 0 Å². The molecule has 1 atom stereocenters. The van der Waals surface area contributed by atoms with Crippen molar-refractivity contribution >= 4 is 17.6 Å². The Morgan fingerprint density at radius 2 is 2.00 bits per heavy atom. The number of ether oxygens (including phenoxy) is 1. The minimum Gasteiger partial charge on any atom is -0.481 e. The van der Waals surface area contributed by atoms with Crippen LogP contribution in [-0.2, 0) is 20.7 Å². The van der Waals surface area contributed by atoms with Crippen LogP contribution in [0.4, 0.5) is 5.69 Å². The number of nitrogens with two attached hydrogens (primary N) is 1. The molecule has 0 spiro atoms. The van der Waals surface area contributed by atoms with E-state index in [-0.39, 0.29) is 12.3 Å². The van der Waals surface area contributed by atoms with E-state index in [9.17, 15) is 9.59 Å². The molecule has 110 valence electrons. The third kappa shape index (κ3) is 5.81. The van der Waals surface area contributed by atoms with E-state index in [1.807, 2.05) is 0 Å². The molecule has 1 amide bonds. The first kappa shape index (κ1) is 16.1. The van der Waals surface area contributed by atoms with Crippen LogP contribution in [0, 0.1) is 0 Å². The van der Waals surface area contributed by atoms with Crippen molar-refractivity contribution in [3.8, 4) is 0 Å². The molecule has 0 aliphatic heterocycles. The number of aliphatic carboxylic acids is 1. The monoisotopic (exact) mass is 280 g/mol. The highest BCUT2D eigenvalue weighted by Gasteiger charge is 2.13. The Kier molecular flexibility index (Phi) is 6.69. The fourth-order valence-corrected chi connectivity index (χ4v) is 1.62. The molecule has 0 heterocycles. The fourth-order valence-electron chi connectivity index (χ4n) is 1.62. The molecule has 1 aromatic rings. The van der Waals surface area contributed by atoms with Crippen molar-refractivity contribution in [1.29, 1.82) is 0 Å². The highest BCUT2D eigenvalue weighted by atomic mass is 16.5. The van der Waals surface area contributed by atoms with Gasteiger partial charge in [0.1, 0.15) is 0 Å². The molecule has 0 saturated carbocycles. The Morgan fingerprint density at radius 3 is 2.55 bits per heavy atom. The number of nitrogens with one attached hydrogen (secondary N) is 1. The zero-order valence-corrected chi connectivity index (χ0v) is 11.5. The number of amides is 1. The molecule has 1 rings (SSSR count). The number of anilines is 1. The van der Waals surface area contributed by atoms with Crippen molar-refractivity contribution in [1.82, 2.24) is 0 Å². The summed E-state index contributed by atoms with van der Waals surface area (Å²) >= 11 is 0. The van der Waals surface area contributed by atoms with Crippen molar-refractivity contribution in [3.63, 3.8) is 0 Å². The summed E-state index contributed by atoms with van der Waals surface area (Å²) in [5, 5.41) is 11.3. The fraction of sp³-hybridized carbons (Fsp3) is 0.429. The molecule has 6 heteroatoms. The minimum absolute atomic E-state index is 0.0909. The Morgan fingerprint density at radius 1 is 1.35 bits per heavy atom. The lowest BCUT2D eigenvalue weighted by Gasteiger charge is -2.12. The van der Waals surface area contributed by atoms with Crippen molar-refractivity contribution in [3.05, 3.63) is 29.8 Å². The lowest BCUT2D eigenvalue weighted by atomic mass is 10.1. The van der Waals surface area contributed by atoms with Crippen LogP contribution in [0.25, 0.3) is 0 Å². The van der Waals surface area contributed by atoms with E-state index in [0.29, 0.717) is 25.1 Å². The number of hydrogen-bond acceptors (Lipinski definition) is 4. The Labute approximate surface area is 117 Å². The number of rotatable bonds is 8. The molecule has 0 bridgehead atoms. The normalized spacial score (nSPS) is 11.9. The Balaban J connectivity index is 2.48. The molecule has 0 aliphatic rings. The molecule has 0 radical (unpaired) electrons. The van der Waals surface area contributed by atoms with Crippen LogP contribution in [0.15, 0.2) is 24.3 Å². The van der Waals surface area contributed by atoms with Gasteiger partial charge in [-0.1, -0.05) is 12.1 Å². The Hall–Kier alpha value is -1.92. The molecule has 0 saturated heterocycles. The maximum atomic E-state index is 11.7. The predicted molar refractivity (Wildman–Crippen MR) is 75.5 cm³/mol. The second-order valence-electron chi connectivity index (χ2n) is 4.47. The van der Waals surface area contributed by atoms with Gasteiger partial charge in [0.2, 0.25) is 5.91 Å². The van der Waals surface area contributed by atoms with Crippen molar-refractivity contribution in [2.24, 2.45) is 5.73 Å². The van der Waals surface area contributed by atoms with Gasteiger partial charge in [0, 0.05) is 25.8 Å². The standard InChI is InChI=1S/C14H20N2O4/c1-20-9-8-12(15)14(19)16-11-5-2-10(3-6-11)4-7-13(17)18/h2-3,5-6,12H,4,7-9,15H2,1H3,(H,16,19)(H,17,18). The van der Waals surface area contributed by atoms with Gasteiger partial charge in [-0.05, 0) is 30.5 Å². The van der Waals surface area contributed by atoms with E-state index in [1.54, 1.807) is 31.4 Å². The number of hydrogen-bond donors (Lipinski definition) is 3. The zero-order chi connectivity index (χ0) is 15.0. The van der Waals surface area contributed by atoms with Gasteiger partial charge >= 0.3 is 5.97 Å². The average molecular weight is 280 g/mol. The second kappa shape index (κ2) is 8.29. The molecular weight excluding hydrogens is 260 g/mol. The van der Waals surface area contributed by atoms with E-state index >= 15 is 0 Å². The SMILES string of the molecule is COCCC(N)C(=O)Nc1ccc(CCC(=O)O)cc1. The zero-order valence-electron chi connectivity index (χ0n) is 11.5. The summed E-state index contributed by atoms with van der Waals surface area (Å²) in [6.45, 7) is 0.433. The molecule has 1 aromatic carbocycles. The summed E-state index contributed by atoms with van der Waals surface area (Å²) in [6.07, 6.45) is 1.02. The third-order valence-corrected chi connectivity index (χ3v) is 2.82. The van der Waals surface area contributed by atoms with Crippen LogP contribution in [0.3, 0.4) is 0 Å². The first-order valence-corrected chi connectivity index (χ1v) is 6.39. The highest BCUT2D eigenvalue weighted by molar-refractivity contribution is 5.94. The van der Waals surface area contributed by atoms with Crippen LogP contribution in [0.2, 0.25) is 0 Å². The van der Waals surface area contributed by atoms with E-state index in [2.05, 4.69) is 5.32 Å². The molecular formula is C14H20N2O4. The maximum Gasteiger partial charge on any atom is 0.303 e. The van der Waals surface area contributed by atoms with Crippen LogP contribution in [0.5, 0.6) is 0 Å². The van der Waals surface area contributed by atoms with Gasteiger partial charge in [0.05, 0.1) is 6.04 Å². The van der Waals surface area contributed by atoms with Crippen molar-refractivity contribution in [2.45, 2.75) is 25.3 Å². The van der Waals surface area contributed by atoms with Crippen molar-refractivity contribution < 1.29 is 19.4 Å². The van der Waals surface area contributed by atoms with Crippen molar-refractivity contribution in [2.75, 3.05) is 19.0 Å². The van der Waals surface area contributed by atoms with Gasteiger partial charge in [-0.15, -0.1) is 0 Å². The lowest BCUT2D eigenvalue weighted by molar-refractivity contribution is -0.137. The maximum absolute atomic E-state index is 11.7. The van der Waals surface area contributed by atoms with Gasteiger partial charge in [0.15, 0.2) is 0 Å². The van der Waals surface area contributed by atoms with Gasteiger partial charge in [-0.2, -0.15) is 0 Å². The number of carbonyl (C=O) groups is 2. The Bertz CT molecular complexity index is 445. The van der Waals surface area contributed by atoms with Gasteiger partial charge in [-0.3, -0.25) is 9.59 Å². The van der Waals surface area contributed by atoms with E-state index in [4.69, 9.17) is 15.6 Å². The topological polar surface area (TPSA) is 102 Å². The summed E-state index contributed by atoms with van der Waals surface area (Å²) in [6, 6.07) is 6.44. The molecule has 0 fully saturated rings. The largest absolute Gasteiger partial charge is 0.481 e. The van der Waals surface area contributed by atoms with Crippen LogP contribution >= 0.6 is 0 Å². The number of carboxylic acids is 1. The highest BCUT2D eigenvalue weighted by Crippen LogP contribution is 2.11. The summed E-state index contributed by atoms with van der Waals surface area (Å²) in [5.74, 6) is -1.09. The summed E-state index contributed by atoms with van der Waals surface area (Å²) in [7, 11) is 1.56. The third-order valence-electron chi connectivity index (χ3n) is 2.82. The van der Waals surface area contributed by atoms with Crippen LogP contribution < -0.4 is 11.1 Å². The molecule has 20 heavy (non-hydrogen) atoms. The minimum atomic E-state index is -0.827. The van der Waals surface area contributed by atoms with E-state index in [0.717, 1.165) is 5.56 Å². The second-order valence-corrected chi connectivity index (χ2v) is 4.47. The molecule has 6 nitrogen and oxygen atoms in total. The lowest BCUT2D eigenvalue weighted by Crippen LogP contribution is -2.36. The smallest absolute Gasteiger partial charge is 0.303 e. The van der Waals surface area contributed by atoms with Gasteiger partial charge in [-0.25, -0.2) is 0 Å². The molecule has 4 N–H and O–H groups in total. The number of benzene rings is 1. The summed E-state index contributed by atoms with van der Waals surface area (Å²) in [4.78, 5) is 22.2. The quantitative estimate of drug-likeness (QED) is 0.659. The predicted octanol–water partition coefficient (Wildman–Crippen LogP) is 1.01. The molecule has 0 aliphatic carbocycles. The number of methoxy groups -OCH3 is 1. The molecule has 0 aromatic heterocycles. The first-order chi connectivity index (χ1) is 9.52. The van der Waals surface area contributed by atoms with Crippen LogP contribution in [0.1, 0.15) is 18.4 Å². The number of carbonyl (C=O) groups excluding carboxylic acids is 1. The average Bonchev–Trinajstić information content (AvgIpc) is 2.43. The first-order valence-electron chi connectivity index (χ1n) is 6.39. The summed E-state index contributed by atoms with van der Waals surface area (Å²) in [5.41, 5.74) is 7.26. The van der Waals surface area contributed by atoms with Gasteiger partial charge in [0.25, 0.3) is 0 Å². The van der Waals surface area contributed by atoms with E-state index < -0.39 is 12.0 Å². The number of aryl methyl sites for hydroxylation is 1. The molecule has 1 unspecified atom stereocenters. The number of carboxylic acid groups (broad SMARTS) is 1. The van der Waals surface area contributed by atoms with Crippen LogP contribution in [-0.4, -0.2) is 36.7 Å². The summed E-state index contributed by atoms with van der Waals surface area (Å²) < 4.78 is 4.87. The van der Waals surface area contributed by atoms with Gasteiger partial charge < -0.3 is 20.9 Å².